The molecule has 0 saturated heterocycles. The van der Waals surface area contributed by atoms with Crippen molar-refractivity contribution in [1.29, 1.82) is 0 Å². The number of thioether (sulfide) groups is 1. The van der Waals surface area contributed by atoms with Gasteiger partial charge in [0.25, 0.3) is 15.9 Å². The molecule has 0 unspecified atom stereocenters. The number of rotatable bonds is 14. The van der Waals surface area contributed by atoms with E-state index in [0.29, 0.717) is 24.7 Å². The van der Waals surface area contributed by atoms with Gasteiger partial charge in [-0.2, -0.15) is 5.10 Å². The topological polar surface area (TPSA) is 97.3 Å². The Balaban J connectivity index is 1.74. The van der Waals surface area contributed by atoms with Crippen molar-refractivity contribution >= 4 is 39.6 Å². The highest BCUT2D eigenvalue weighted by atomic mass is 32.2. The van der Waals surface area contributed by atoms with Crippen LogP contribution in [0.1, 0.15) is 32.3 Å². The highest BCUT2D eigenvalue weighted by Crippen LogP contribution is 2.27. The normalized spacial score (nSPS) is 11.3. The molecule has 0 fully saturated rings. The zero-order valence-electron chi connectivity index (χ0n) is 21.8. The van der Waals surface area contributed by atoms with Gasteiger partial charge in [0, 0.05) is 4.90 Å². The third kappa shape index (κ3) is 8.26. The number of benzene rings is 3. The van der Waals surface area contributed by atoms with Crippen LogP contribution < -0.4 is 19.2 Å². The van der Waals surface area contributed by atoms with Gasteiger partial charge in [-0.1, -0.05) is 13.3 Å². The number of nitrogens with zero attached hydrogens (tertiary/aromatic N) is 2. The summed E-state index contributed by atoms with van der Waals surface area (Å²) in [7, 11) is -4.03. The SMILES string of the molecule is CCCCOc1ccc(/C=N\NC(=O)CN(c2ccc(OCC)cc2)S(=O)(=O)c2ccc(SC)cc2)cc1. The number of hydrogen-bond acceptors (Lipinski definition) is 7. The maximum Gasteiger partial charge on any atom is 0.264 e. The lowest BCUT2D eigenvalue weighted by atomic mass is 10.2. The van der Waals surface area contributed by atoms with Gasteiger partial charge in [0.1, 0.15) is 18.0 Å². The molecule has 38 heavy (non-hydrogen) atoms. The molecule has 0 aliphatic rings. The molecule has 1 amide bonds. The largest absolute Gasteiger partial charge is 0.494 e. The summed E-state index contributed by atoms with van der Waals surface area (Å²) in [5, 5.41) is 4.00. The third-order valence-corrected chi connectivity index (χ3v) is 7.95. The Morgan fingerprint density at radius 2 is 1.58 bits per heavy atom. The maximum absolute atomic E-state index is 13.6. The van der Waals surface area contributed by atoms with E-state index >= 15 is 0 Å². The second-order valence-corrected chi connectivity index (χ2v) is 10.9. The molecule has 0 atom stereocenters. The fraction of sp³-hybridized carbons (Fsp3) is 0.286. The van der Waals surface area contributed by atoms with Gasteiger partial charge in [0.05, 0.1) is 30.0 Å². The van der Waals surface area contributed by atoms with Gasteiger partial charge in [-0.05, 0) is 98.0 Å². The van der Waals surface area contributed by atoms with Crippen molar-refractivity contribution < 1.29 is 22.7 Å². The smallest absolute Gasteiger partial charge is 0.264 e. The van der Waals surface area contributed by atoms with E-state index in [4.69, 9.17) is 9.47 Å². The number of unbranched alkanes of at least 4 members (excludes halogenated alkanes) is 1. The van der Waals surface area contributed by atoms with Crippen LogP contribution in [0.3, 0.4) is 0 Å². The quantitative estimate of drug-likeness (QED) is 0.125. The molecule has 0 aromatic heterocycles. The van der Waals surface area contributed by atoms with Crippen LogP contribution in [0.2, 0.25) is 0 Å². The molecule has 3 rings (SSSR count). The first-order valence-corrected chi connectivity index (χ1v) is 15.0. The predicted octanol–water partition coefficient (Wildman–Crippen LogP) is 5.33. The molecule has 0 radical (unpaired) electrons. The number of carbonyl (C=O) groups is 1. The summed E-state index contributed by atoms with van der Waals surface area (Å²) in [6, 6.07) is 20.4. The first kappa shape index (κ1) is 29.1. The molecule has 0 heterocycles. The van der Waals surface area contributed by atoms with Crippen LogP contribution in [0.25, 0.3) is 0 Å². The summed E-state index contributed by atoms with van der Waals surface area (Å²) in [6.07, 6.45) is 5.45. The Hall–Kier alpha value is -3.50. The summed E-state index contributed by atoms with van der Waals surface area (Å²) in [4.78, 5) is 13.8. The fourth-order valence-electron chi connectivity index (χ4n) is 3.39. The second kappa shape index (κ2) is 14.4. The minimum absolute atomic E-state index is 0.0849. The molecule has 0 aliphatic carbocycles. The third-order valence-electron chi connectivity index (χ3n) is 5.42. The van der Waals surface area contributed by atoms with Gasteiger partial charge in [-0.3, -0.25) is 9.10 Å². The van der Waals surface area contributed by atoms with E-state index in [2.05, 4.69) is 17.5 Å². The number of anilines is 1. The van der Waals surface area contributed by atoms with E-state index in [1.807, 2.05) is 37.4 Å². The second-order valence-electron chi connectivity index (χ2n) is 8.18. The van der Waals surface area contributed by atoms with Crippen LogP contribution in [0.5, 0.6) is 11.5 Å². The fourth-order valence-corrected chi connectivity index (χ4v) is 5.22. The number of hydrazone groups is 1. The zero-order chi connectivity index (χ0) is 27.4. The van der Waals surface area contributed by atoms with Crippen molar-refractivity contribution in [2.75, 3.05) is 30.3 Å². The van der Waals surface area contributed by atoms with Gasteiger partial charge < -0.3 is 9.47 Å². The lowest BCUT2D eigenvalue weighted by Crippen LogP contribution is -2.39. The van der Waals surface area contributed by atoms with Gasteiger partial charge in [0.2, 0.25) is 0 Å². The Kier molecular flexibility index (Phi) is 11.0. The first-order valence-electron chi connectivity index (χ1n) is 12.3. The van der Waals surface area contributed by atoms with Gasteiger partial charge in [0.15, 0.2) is 0 Å². The molecule has 0 saturated carbocycles. The zero-order valence-corrected chi connectivity index (χ0v) is 23.4. The van der Waals surface area contributed by atoms with Crippen molar-refractivity contribution in [3.05, 3.63) is 78.4 Å². The highest BCUT2D eigenvalue weighted by molar-refractivity contribution is 7.98. The minimum Gasteiger partial charge on any atom is -0.494 e. The van der Waals surface area contributed by atoms with Crippen LogP contribution in [-0.4, -0.2) is 46.6 Å². The van der Waals surface area contributed by atoms with Crippen LogP contribution in [-0.2, 0) is 14.8 Å². The van der Waals surface area contributed by atoms with Crippen molar-refractivity contribution in [2.45, 2.75) is 36.5 Å². The standard InChI is InChI=1S/C28H33N3O5S2/c1-4-6-19-36-25-11-7-22(8-12-25)20-29-30-28(32)21-31(23-9-13-24(14-10-23)35-5-2)38(33,34)27-17-15-26(37-3)16-18-27/h7-18,20H,4-6,19,21H2,1-3H3,(H,30,32)/b29-20-. The Morgan fingerprint density at radius 1 is 0.947 bits per heavy atom. The minimum atomic E-state index is -4.03. The number of ether oxygens (including phenoxy) is 2. The van der Waals surface area contributed by atoms with E-state index in [-0.39, 0.29) is 4.90 Å². The average Bonchev–Trinajstić information content (AvgIpc) is 2.93. The van der Waals surface area contributed by atoms with E-state index in [9.17, 15) is 13.2 Å². The van der Waals surface area contributed by atoms with E-state index in [1.165, 1.54) is 30.1 Å². The van der Waals surface area contributed by atoms with Crippen molar-refractivity contribution in [3.8, 4) is 11.5 Å². The maximum atomic E-state index is 13.6. The molecule has 0 spiro atoms. The van der Waals surface area contributed by atoms with E-state index in [1.54, 1.807) is 36.4 Å². The van der Waals surface area contributed by atoms with E-state index < -0.39 is 22.5 Å². The lowest BCUT2D eigenvalue weighted by Gasteiger charge is -2.24. The number of amides is 1. The summed E-state index contributed by atoms with van der Waals surface area (Å²) in [5.41, 5.74) is 3.52. The van der Waals surface area contributed by atoms with E-state index in [0.717, 1.165) is 33.4 Å². The van der Waals surface area contributed by atoms with Crippen LogP contribution in [0.15, 0.2) is 87.7 Å². The summed E-state index contributed by atoms with van der Waals surface area (Å²) in [6.45, 7) is 4.66. The molecular weight excluding hydrogens is 522 g/mol. The Labute approximate surface area is 229 Å². The van der Waals surface area contributed by atoms with Gasteiger partial charge in [-0.15, -0.1) is 11.8 Å². The number of nitrogens with one attached hydrogen (secondary N) is 1. The van der Waals surface area contributed by atoms with Gasteiger partial charge in [-0.25, -0.2) is 13.8 Å². The first-order chi connectivity index (χ1) is 18.4. The Bertz CT molecular complexity index is 1290. The van der Waals surface area contributed by atoms with Crippen LogP contribution >= 0.6 is 11.8 Å². The van der Waals surface area contributed by atoms with Crippen molar-refractivity contribution in [2.24, 2.45) is 5.10 Å². The number of hydrogen-bond donors (Lipinski definition) is 1. The molecular formula is C28H33N3O5S2. The van der Waals surface area contributed by atoms with Crippen LogP contribution in [0, 0.1) is 0 Å². The highest BCUT2D eigenvalue weighted by Gasteiger charge is 2.27. The summed E-state index contributed by atoms with van der Waals surface area (Å²) < 4.78 is 39.3. The average molecular weight is 556 g/mol. The molecule has 10 heteroatoms. The molecule has 8 nitrogen and oxygen atoms in total. The summed E-state index contributed by atoms with van der Waals surface area (Å²) in [5.74, 6) is 0.786. The van der Waals surface area contributed by atoms with Crippen LogP contribution in [0.4, 0.5) is 5.69 Å². The summed E-state index contributed by atoms with van der Waals surface area (Å²) >= 11 is 1.51. The number of carbonyl (C=O) groups excluding carboxylic acids is 1. The molecule has 0 bridgehead atoms. The molecule has 0 aliphatic heterocycles. The monoisotopic (exact) mass is 555 g/mol. The molecule has 3 aromatic rings. The molecule has 202 valence electrons. The molecule has 3 aromatic carbocycles. The van der Waals surface area contributed by atoms with Gasteiger partial charge >= 0.3 is 0 Å². The lowest BCUT2D eigenvalue weighted by molar-refractivity contribution is -0.119. The molecule has 1 N–H and O–H groups in total. The van der Waals surface area contributed by atoms with Crippen molar-refractivity contribution in [1.82, 2.24) is 5.43 Å². The predicted molar refractivity (Wildman–Crippen MR) is 153 cm³/mol. The Morgan fingerprint density at radius 3 is 2.18 bits per heavy atom. The number of sulfonamides is 1. The van der Waals surface area contributed by atoms with Crippen molar-refractivity contribution in [3.63, 3.8) is 0 Å².